The van der Waals surface area contributed by atoms with E-state index in [4.69, 9.17) is 4.42 Å². The summed E-state index contributed by atoms with van der Waals surface area (Å²) in [4.78, 5) is 0. The van der Waals surface area contributed by atoms with E-state index in [1.165, 1.54) is 12.8 Å². The third-order valence-electron chi connectivity index (χ3n) is 2.28. The molecule has 0 bridgehead atoms. The Morgan fingerprint density at radius 1 is 1.60 bits per heavy atom. The van der Waals surface area contributed by atoms with Crippen LogP contribution in [0.5, 0.6) is 0 Å². The largest absolute Gasteiger partial charge is 0.469 e. The molecule has 0 amide bonds. The molecule has 0 spiro atoms. The molecular weight excluding hydrogens is 124 g/mol. The predicted octanol–water partition coefficient (Wildman–Crippen LogP) is 2.62. The van der Waals surface area contributed by atoms with E-state index in [2.05, 4.69) is 13.0 Å². The van der Waals surface area contributed by atoms with E-state index < -0.39 is 0 Å². The molecule has 1 heteroatoms. The van der Waals surface area contributed by atoms with E-state index in [9.17, 15) is 0 Å². The summed E-state index contributed by atoms with van der Waals surface area (Å²) in [6.07, 6.45) is 5.61. The standard InChI is InChI=1S/C9H12O/c1-9(4-5-9)7-8-3-2-6-10-8/h2-3,6H,4-5,7H2,1H3. The van der Waals surface area contributed by atoms with Gasteiger partial charge in [-0.1, -0.05) is 6.92 Å². The van der Waals surface area contributed by atoms with Crippen LogP contribution in [0.1, 0.15) is 25.5 Å². The fourth-order valence-electron chi connectivity index (χ4n) is 1.22. The van der Waals surface area contributed by atoms with Gasteiger partial charge < -0.3 is 4.42 Å². The Morgan fingerprint density at radius 3 is 2.90 bits per heavy atom. The lowest BCUT2D eigenvalue weighted by Crippen LogP contribution is -1.96. The summed E-state index contributed by atoms with van der Waals surface area (Å²) in [7, 11) is 0. The zero-order valence-electron chi connectivity index (χ0n) is 6.26. The lowest BCUT2D eigenvalue weighted by atomic mass is 10.0. The van der Waals surface area contributed by atoms with Gasteiger partial charge >= 0.3 is 0 Å². The van der Waals surface area contributed by atoms with Crippen molar-refractivity contribution in [2.75, 3.05) is 0 Å². The van der Waals surface area contributed by atoms with Crippen LogP contribution >= 0.6 is 0 Å². The zero-order chi connectivity index (χ0) is 7.03. The van der Waals surface area contributed by atoms with Crippen LogP contribution in [0.25, 0.3) is 0 Å². The van der Waals surface area contributed by atoms with Crippen LogP contribution in [0.2, 0.25) is 0 Å². The highest BCUT2D eigenvalue weighted by molar-refractivity contribution is 5.05. The molecule has 1 heterocycles. The molecule has 0 saturated heterocycles. The first-order valence-electron chi connectivity index (χ1n) is 3.81. The number of hydrogen-bond acceptors (Lipinski definition) is 1. The van der Waals surface area contributed by atoms with Gasteiger partial charge in [0.1, 0.15) is 5.76 Å². The summed E-state index contributed by atoms with van der Waals surface area (Å²) in [5.41, 5.74) is 0.581. The van der Waals surface area contributed by atoms with Crippen LogP contribution < -0.4 is 0 Å². The first-order chi connectivity index (χ1) is 4.79. The average molecular weight is 136 g/mol. The van der Waals surface area contributed by atoms with Gasteiger partial charge in [-0.15, -0.1) is 0 Å². The van der Waals surface area contributed by atoms with Crippen molar-refractivity contribution in [2.45, 2.75) is 26.2 Å². The maximum absolute atomic E-state index is 5.25. The second-order valence-electron chi connectivity index (χ2n) is 3.57. The van der Waals surface area contributed by atoms with Crippen molar-refractivity contribution in [2.24, 2.45) is 5.41 Å². The van der Waals surface area contributed by atoms with Crippen molar-refractivity contribution >= 4 is 0 Å². The topological polar surface area (TPSA) is 13.1 Å². The minimum absolute atomic E-state index is 0.581. The first kappa shape index (κ1) is 6.02. The van der Waals surface area contributed by atoms with E-state index in [1.54, 1.807) is 6.26 Å². The minimum Gasteiger partial charge on any atom is -0.469 e. The molecule has 2 rings (SSSR count). The monoisotopic (exact) mass is 136 g/mol. The van der Waals surface area contributed by atoms with Crippen molar-refractivity contribution in [1.29, 1.82) is 0 Å². The molecule has 1 saturated carbocycles. The molecular formula is C9H12O. The highest BCUT2D eigenvalue weighted by Gasteiger charge is 2.37. The minimum atomic E-state index is 0.581. The van der Waals surface area contributed by atoms with Crippen LogP contribution in [-0.2, 0) is 6.42 Å². The normalized spacial score (nSPS) is 20.9. The molecule has 1 aliphatic rings. The quantitative estimate of drug-likeness (QED) is 0.609. The molecule has 0 aliphatic heterocycles. The maximum atomic E-state index is 5.25. The van der Waals surface area contributed by atoms with Gasteiger partial charge in [0.25, 0.3) is 0 Å². The lowest BCUT2D eigenvalue weighted by molar-refractivity contribution is 0.447. The molecule has 54 valence electrons. The van der Waals surface area contributed by atoms with Gasteiger partial charge in [0.15, 0.2) is 0 Å². The fraction of sp³-hybridized carbons (Fsp3) is 0.556. The van der Waals surface area contributed by atoms with Gasteiger partial charge in [0.2, 0.25) is 0 Å². The second kappa shape index (κ2) is 1.88. The molecule has 0 aromatic carbocycles. The van der Waals surface area contributed by atoms with Gasteiger partial charge in [-0.3, -0.25) is 0 Å². The molecule has 1 aromatic heterocycles. The molecule has 10 heavy (non-hydrogen) atoms. The highest BCUT2D eigenvalue weighted by atomic mass is 16.3. The van der Waals surface area contributed by atoms with Gasteiger partial charge in [0, 0.05) is 6.42 Å². The summed E-state index contributed by atoms with van der Waals surface area (Å²) >= 11 is 0. The third kappa shape index (κ3) is 1.08. The Kier molecular flexibility index (Phi) is 1.13. The molecule has 0 radical (unpaired) electrons. The summed E-state index contributed by atoms with van der Waals surface area (Å²) in [5.74, 6) is 1.14. The Morgan fingerprint density at radius 2 is 2.40 bits per heavy atom. The Bertz CT molecular complexity index is 207. The third-order valence-corrected chi connectivity index (χ3v) is 2.28. The van der Waals surface area contributed by atoms with Crippen LogP contribution in [0.15, 0.2) is 22.8 Å². The van der Waals surface area contributed by atoms with E-state index >= 15 is 0 Å². The number of hydrogen-bond donors (Lipinski definition) is 0. The summed E-state index contributed by atoms with van der Waals surface area (Å²) in [6, 6.07) is 4.02. The first-order valence-corrected chi connectivity index (χ1v) is 3.81. The van der Waals surface area contributed by atoms with Crippen molar-refractivity contribution in [3.8, 4) is 0 Å². The molecule has 0 atom stereocenters. The van der Waals surface area contributed by atoms with Crippen LogP contribution in [0.3, 0.4) is 0 Å². The fourth-order valence-corrected chi connectivity index (χ4v) is 1.22. The molecule has 0 unspecified atom stereocenters. The van der Waals surface area contributed by atoms with Gasteiger partial charge in [0.05, 0.1) is 6.26 Å². The van der Waals surface area contributed by atoms with E-state index in [1.807, 2.05) is 6.07 Å². The van der Waals surface area contributed by atoms with Gasteiger partial charge in [-0.2, -0.15) is 0 Å². The van der Waals surface area contributed by atoms with Crippen molar-refractivity contribution < 1.29 is 4.42 Å². The Balaban J connectivity index is 2.04. The van der Waals surface area contributed by atoms with Crippen molar-refractivity contribution in [3.63, 3.8) is 0 Å². The van der Waals surface area contributed by atoms with Crippen molar-refractivity contribution in [3.05, 3.63) is 24.2 Å². The molecule has 1 aliphatic carbocycles. The van der Waals surface area contributed by atoms with Gasteiger partial charge in [-0.25, -0.2) is 0 Å². The van der Waals surface area contributed by atoms with E-state index in [0.717, 1.165) is 12.2 Å². The summed E-state index contributed by atoms with van der Waals surface area (Å²) in [6.45, 7) is 2.32. The van der Waals surface area contributed by atoms with Crippen LogP contribution in [0.4, 0.5) is 0 Å². The SMILES string of the molecule is CC1(Cc2ccco2)CC1. The lowest BCUT2D eigenvalue weighted by Gasteiger charge is -2.02. The molecule has 0 N–H and O–H groups in total. The number of rotatable bonds is 2. The van der Waals surface area contributed by atoms with Crippen LogP contribution in [0, 0.1) is 5.41 Å². The molecule has 1 nitrogen and oxygen atoms in total. The summed E-state index contributed by atoms with van der Waals surface area (Å²) < 4.78 is 5.25. The Labute approximate surface area is 61.0 Å². The van der Waals surface area contributed by atoms with Crippen LogP contribution in [-0.4, -0.2) is 0 Å². The number of furan rings is 1. The van der Waals surface area contributed by atoms with E-state index in [0.29, 0.717) is 5.41 Å². The van der Waals surface area contributed by atoms with E-state index in [-0.39, 0.29) is 0 Å². The summed E-state index contributed by atoms with van der Waals surface area (Å²) in [5, 5.41) is 0. The second-order valence-corrected chi connectivity index (χ2v) is 3.57. The zero-order valence-corrected chi connectivity index (χ0v) is 6.26. The maximum Gasteiger partial charge on any atom is 0.104 e. The average Bonchev–Trinajstić information content (AvgIpc) is 2.47. The molecule has 1 aromatic rings. The Hall–Kier alpha value is -0.720. The predicted molar refractivity (Wildman–Crippen MR) is 39.8 cm³/mol. The smallest absolute Gasteiger partial charge is 0.104 e. The highest BCUT2D eigenvalue weighted by Crippen LogP contribution is 2.47. The van der Waals surface area contributed by atoms with Crippen molar-refractivity contribution in [1.82, 2.24) is 0 Å². The molecule has 1 fully saturated rings. The van der Waals surface area contributed by atoms with Gasteiger partial charge in [-0.05, 0) is 30.4 Å².